The van der Waals surface area contributed by atoms with Crippen LogP contribution in [0.4, 0.5) is 5.82 Å². The number of H-pyrrole nitrogens is 1. The molecule has 3 aromatic heterocycles. The average molecular weight is 962 g/mol. The zero-order valence-electron chi connectivity index (χ0n) is 37.5. The molecule has 2 N–H and O–H groups in total. The first kappa shape index (κ1) is 45.4. The number of nitrogens with one attached hydrogen (secondary N) is 2. The lowest BCUT2D eigenvalue weighted by atomic mass is 9.87. The van der Waals surface area contributed by atoms with Crippen molar-refractivity contribution in [3.8, 4) is 17.0 Å². The van der Waals surface area contributed by atoms with E-state index in [4.69, 9.17) is 32.9 Å². The van der Waals surface area contributed by atoms with Crippen LogP contribution in [-0.2, 0) is 19.2 Å². The van der Waals surface area contributed by atoms with E-state index >= 15 is 0 Å². The molecule has 0 saturated carbocycles. The van der Waals surface area contributed by atoms with Gasteiger partial charge in [-0.05, 0) is 106 Å². The van der Waals surface area contributed by atoms with Crippen LogP contribution in [0.15, 0.2) is 67.1 Å². The van der Waals surface area contributed by atoms with Crippen LogP contribution in [0.5, 0.6) is 5.75 Å². The van der Waals surface area contributed by atoms with E-state index in [2.05, 4.69) is 30.3 Å². The van der Waals surface area contributed by atoms with E-state index in [-0.39, 0.29) is 47.6 Å². The first-order valence-electron chi connectivity index (χ1n) is 23.2. The maximum atomic E-state index is 13.7. The van der Waals surface area contributed by atoms with Crippen LogP contribution in [0.3, 0.4) is 0 Å². The molecule has 5 aliphatic rings. The number of piperazine rings is 1. The van der Waals surface area contributed by atoms with Gasteiger partial charge in [0.2, 0.25) is 23.6 Å². The first-order chi connectivity index (χ1) is 32.9. The molecule has 19 heteroatoms. The molecular weight excluding hydrogens is 912 g/mol. The largest absolute Gasteiger partial charge is 0.486 e. The minimum Gasteiger partial charge on any atom is -0.486 e. The monoisotopic (exact) mass is 960 g/mol. The predicted octanol–water partition coefficient (Wildman–Crippen LogP) is 5.63. The molecule has 352 valence electrons. The maximum absolute atomic E-state index is 13.7. The number of pyridine rings is 2. The zero-order valence-corrected chi connectivity index (χ0v) is 39.0. The minimum atomic E-state index is -1.00. The molecule has 0 aliphatic carbocycles. The van der Waals surface area contributed by atoms with Gasteiger partial charge in [0.1, 0.15) is 29.4 Å². The third kappa shape index (κ3) is 8.90. The summed E-state index contributed by atoms with van der Waals surface area (Å²) < 4.78 is 6.24. The number of ether oxygens (including phenoxy) is 1. The lowest BCUT2D eigenvalue weighted by Crippen LogP contribution is -2.54. The van der Waals surface area contributed by atoms with Crippen molar-refractivity contribution < 1.29 is 33.5 Å². The zero-order chi connectivity index (χ0) is 47.2. The summed E-state index contributed by atoms with van der Waals surface area (Å²) in [5.41, 5.74) is 4.63. The third-order valence-electron chi connectivity index (χ3n) is 14.2. The molecule has 68 heavy (non-hydrogen) atoms. The Bertz CT molecular complexity index is 2800. The Hall–Kier alpha value is -6.43. The fourth-order valence-corrected chi connectivity index (χ4v) is 11.0. The van der Waals surface area contributed by atoms with E-state index < -0.39 is 35.8 Å². The van der Waals surface area contributed by atoms with E-state index in [0.717, 1.165) is 51.3 Å². The lowest BCUT2D eigenvalue weighted by Gasteiger charge is -2.39. The van der Waals surface area contributed by atoms with Crippen molar-refractivity contribution >= 4 is 75.4 Å². The summed E-state index contributed by atoms with van der Waals surface area (Å²) in [5.74, 6) is -0.339. The summed E-state index contributed by atoms with van der Waals surface area (Å²) in [6, 6.07) is 14.0. The average Bonchev–Trinajstić information content (AvgIpc) is 3.88. The standard InChI is InChI=1S/C49H50Cl2N10O7/c1-28(44-37(50)25-52-26-38(44)51)68-33-4-6-39-36(23-33)45(56-55-39)32-3-8-41(53-24-32)58-18-20-60(21-19-58)47(65)30-12-16-59(17-13-30)43(63)27-57-14-10-29(11-15-57)31-2-5-34-35(22-31)49(67)61(48(34)66)40-7-9-42(62)54-46(40)64/h2-6,8,22-26,28-30,40H,7,9-21,27H2,1H3,(H,55,56)(H,54,62,64)/t28-,40?/m1/s1. The van der Waals surface area contributed by atoms with Gasteiger partial charge in [0.05, 0.1) is 33.2 Å². The third-order valence-corrected chi connectivity index (χ3v) is 14.8. The van der Waals surface area contributed by atoms with Gasteiger partial charge in [-0.25, -0.2) is 4.98 Å². The number of likely N-dealkylation sites (tertiary alicyclic amines) is 2. The highest BCUT2D eigenvalue weighted by atomic mass is 35.5. The topological polar surface area (TPSA) is 194 Å². The molecule has 5 aliphatic heterocycles. The van der Waals surface area contributed by atoms with Gasteiger partial charge >= 0.3 is 0 Å². The molecule has 17 nitrogen and oxygen atoms in total. The Balaban J connectivity index is 0.665. The molecule has 2 aromatic carbocycles. The second-order valence-electron chi connectivity index (χ2n) is 18.2. The van der Waals surface area contributed by atoms with Crippen molar-refractivity contribution in [3.63, 3.8) is 0 Å². The second kappa shape index (κ2) is 18.9. The number of benzene rings is 2. The molecule has 6 amide bonds. The fourth-order valence-electron chi connectivity index (χ4n) is 10.3. The van der Waals surface area contributed by atoms with Gasteiger partial charge in [0.15, 0.2) is 0 Å². The predicted molar refractivity (Wildman–Crippen MR) is 252 cm³/mol. The Morgan fingerprint density at radius 2 is 1.53 bits per heavy atom. The van der Waals surface area contributed by atoms with Crippen molar-refractivity contribution in [1.29, 1.82) is 0 Å². The minimum absolute atomic E-state index is 0.0685. The Morgan fingerprint density at radius 3 is 2.24 bits per heavy atom. The highest BCUT2D eigenvalue weighted by Gasteiger charge is 2.45. The normalized spacial score (nSPS) is 20.2. The van der Waals surface area contributed by atoms with Gasteiger partial charge in [-0.1, -0.05) is 29.3 Å². The number of aromatic nitrogens is 4. The Kier molecular flexibility index (Phi) is 12.6. The molecular formula is C49H50Cl2N10O7. The van der Waals surface area contributed by atoms with Crippen molar-refractivity contribution in [2.24, 2.45) is 5.92 Å². The van der Waals surface area contributed by atoms with Crippen LogP contribution < -0.4 is 15.0 Å². The molecule has 8 heterocycles. The number of fused-ring (bicyclic) bond motifs is 2. The molecule has 5 aromatic rings. The quantitative estimate of drug-likeness (QED) is 0.164. The summed E-state index contributed by atoms with van der Waals surface area (Å²) >= 11 is 12.7. The summed E-state index contributed by atoms with van der Waals surface area (Å²) in [4.78, 5) is 95.8. The van der Waals surface area contributed by atoms with Gasteiger partial charge in [0.25, 0.3) is 11.8 Å². The van der Waals surface area contributed by atoms with Crippen LogP contribution in [0.25, 0.3) is 22.2 Å². The number of rotatable bonds is 10. The van der Waals surface area contributed by atoms with Crippen LogP contribution in [0.1, 0.15) is 89.3 Å². The molecule has 1 unspecified atom stereocenters. The van der Waals surface area contributed by atoms with Gasteiger partial charge < -0.3 is 19.4 Å². The van der Waals surface area contributed by atoms with Crippen LogP contribution in [0.2, 0.25) is 10.0 Å². The first-order valence-corrected chi connectivity index (χ1v) is 23.9. The highest BCUT2D eigenvalue weighted by Crippen LogP contribution is 2.37. The fraction of sp³-hybridized carbons (Fsp3) is 0.408. The van der Waals surface area contributed by atoms with Crippen LogP contribution in [0, 0.1) is 5.92 Å². The van der Waals surface area contributed by atoms with Crippen LogP contribution >= 0.6 is 23.2 Å². The van der Waals surface area contributed by atoms with Gasteiger partial charge in [-0.3, -0.25) is 54.0 Å². The summed E-state index contributed by atoms with van der Waals surface area (Å²) in [5, 5.41) is 11.7. The van der Waals surface area contributed by atoms with E-state index in [9.17, 15) is 28.8 Å². The number of piperidine rings is 3. The van der Waals surface area contributed by atoms with E-state index in [1.807, 2.05) is 59.3 Å². The van der Waals surface area contributed by atoms with Gasteiger partial charge in [-0.15, -0.1) is 0 Å². The van der Waals surface area contributed by atoms with Crippen LogP contribution in [-0.4, -0.2) is 140 Å². The van der Waals surface area contributed by atoms with E-state index in [1.54, 1.807) is 24.5 Å². The summed E-state index contributed by atoms with van der Waals surface area (Å²) in [6.07, 6.45) is 7.53. The second-order valence-corrected chi connectivity index (χ2v) is 19.0. The number of amides is 6. The number of carbonyl (C=O) groups is 6. The Morgan fingerprint density at radius 1 is 0.794 bits per heavy atom. The molecule has 4 saturated heterocycles. The summed E-state index contributed by atoms with van der Waals surface area (Å²) in [7, 11) is 0. The number of imide groups is 2. The van der Waals surface area contributed by atoms with Crippen molar-refractivity contribution in [3.05, 3.63) is 99.4 Å². The number of nitrogens with zero attached hydrogens (tertiary/aromatic N) is 8. The molecule has 0 bridgehead atoms. The molecule has 10 rings (SSSR count). The summed E-state index contributed by atoms with van der Waals surface area (Å²) in [6.45, 7) is 7.23. The lowest BCUT2D eigenvalue weighted by molar-refractivity contribution is -0.141. The molecule has 0 spiro atoms. The maximum Gasteiger partial charge on any atom is 0.262 e. The molecule has 4 fully saturated rings. The van der Waals surface area contributed by atoms with Crippen molar-refractivity contribution in [2.45, 2.75) is 63.5 Å². The number of aromatic amines is 1. The van der Waals surface area contributed by atoms with E-state index in [0.29, 0.717) is 93.1 Å². The smallest absolute Gasteiger partial charge is 0.262 e. The van der Waals surface area contributed by atoms with Gasteiger partial charge in [0, 0.05) is 86.7 Å². The number of anilines is 1. The number of carbonyl (C=O) groups excluding carboxylic acids is 6. The molecule has 0 radical (unpaired) electrons. The SMILES string of the molecule is C[C@@H](Oc1ccc2[nH]nc(-c3ccc(N4CCN(C(=O)C5CCN(C(=O)CN6CCC(c7ccc8c(c7)C(=O)N(C7CCC(=O)NC7=O)C8=O)CC6)CC5)CC4)nc3)c2c1)c1c(Cl)cncc1Cl. The van der Waals surface area contributed by atoms with E-state index in [1.165, 1.54) is 0 Å². The Labute approximate surface area is 402 Å². The highest BCUT2D eigenvalue weighted by molar-refractivity contribution is 6.35. The number of hydrogen-bond donors (Lipinski definition) is 2. The number of hydrogen-bond acceptors (Lipinski definition) is 12. The number of halogens is 2. The van der Waals surface area contributed by atoms with Gasteiger partial charge in [-0.2, -0.15) is 5.10 Å². The molecule has 2 atom stereocenters. The van der Waals surface area contributed by atoms with Crippen molar-refractivity contribution in [2.75, 3.05) is 63.8 Å². The van der Waals surface area contributed by atoms with Crippen molar-refractivity contribution in [1.82, 2.24) is 45.1 Å².